The van der Waals surface area contributed by atoms with Crippen LogP contribution in [-0.4, -0.2) is 39.9 Å². The zero-order chi connectivity index (χ0) is 30.6. The molecule has 0 spiro atoms. The van der Waals surface area contributed by atoms with Crippen molar-refractivity contribution in [1.29, 1.82) is 0 Å². The monoisotopic (exact) mass is 624 g/mol. The molecule has 1 N–H and O–H groups in total. The van der Waals surface area contributed by atoms with E-state index in [-0.39, 0.29) is 28.9 Å². The van der Waals surface area contributed by atoms with Gasteiger partial charge in [0.1, 0.15) is 24.2 Å². The molecule has 1 aromatic heterocycles. The van der Waals surface area contributed by atoms with Crippen molar-refractivity contribution in [2.75, 3.05) is 6.61 Å². The first-order chi connectivity index (χ1) is 20.6. The van der Waals surface area contributed by atoms with Gasteiger partial charge in [-0.2, -0.15) is 0 Å². The van der Waals surface area contributed by atoms with E-state index in [9.17, 15) is 23.7 Å². The predicted octanol–water partition coefficient (Wildman–Crippen LogP) is 5.14. The molecule has 0 aliphatic carbocycles. The molecule has 222 valence electrons. The fourth-order valence-corrected chi connectivity index (χ4v) is 5.98. The maximum atomic E-state index is 14.1. The number of rotatable bonds is 10. The quantitative estimate of drug-likeness (QED) is 0.187. The molecule has 1 unspecified atom stereocenters. The molecule has 5 rings (SSSR count). The number of aryl methyl sites for hydroxylation is 1. The lowest BCUT2D eigenvalue weighted by molar-refractivity contribution is -0.0485. The number of aromatic nitrogens is 2. The number of esters is 1. The zero-order valence-electron chi connectivity index (χ0n) is 22.8. The Morgan fingerprint density at radius 1 is 0.977 bits per heavy atom. The van der Waals surface area contributed by atoms with Gasteiger partial charge in [-0.05, 0) is 43.3 Å². The number of aromatic amines is 1. The van der Waals surface area contributed by atoms with Crippen LogP contribution < -0.4 is 15.8 Å². The van der Waals surface area contributed by atoms with Gasteiger partial charge in [0.2, 0.25) is 0 Å². The lowest BCUT2D eigenvalue weighted by atomic mass is 10.1. The summed E-state index contributed by atoms with van der Waals surface area (Å²) in [5, 5.41) is 0.402. The van der Waals surface area contributed by atoms with Crippen LogP contribution in [0.15, 0.2) is 101 Å². The average Bonchev–Trinajstić information content (AvgIpc) is 3.41. The first kappa shape index (κ1) is 30.2. The van der Waals surface area contributed by atoms with Crippen LogP contribution in [0.25, 0.3) is 0 Å². The predicted molar refractivity (Wildman–Crippen MR) is 157 cm³/mol. The summed E-state index contributed by atoms with van der Waals surface area (Å²) < 4.78 is 38.4. The van der Waals surface area contributed by atoms with Crippen molar-refractivity contribution < 1.29 is 32.7 Å². The Labute approximate surface area is 250 Å². The first-order valence-electron chi connectivity index (χ1n) is 13.2. The van der Waals surface area contributed by atoms with Gasteiger partial charge in [-0.1, -0.05) is 60.1 Å². The standard InChI is InChI=1S/C30H26ClN2O9P/c1-19-17-33(30(37)32-27(19)34)26-16-24(41-28(35)20-8-4-2-5-9-20)25(40-26)18-39-43(38,29(36)21-10-6-3-7-11-21)42-23-14-12-22(31)13-15-23/h2-15,17,24-26H,16,18H2,1H3,(H,32,34,37)/t24-,25+,26+,43?/m0/s1. The molecule has 1 aliphatic heterocycles. The van der Waals surface area contributed by atoms with Crippen molar-refractivity contribution in [2.45, 2.75) is 31.8 Å². The number of nitrogens with one attached hydrogen (secondary N) is 1. The average molecular weight is 625 g/mol. The Kier molecular flexibility index (Phi) is 9.08. The van der Waals surface area contributed by atoms with E-state index in [1.165, 1.54) is 54.1 Å². The molecule has 3 aromatic carbocycles. The van der Waals surface area contributed by atoms with E-state index < -0.39 is 55.4 Å². The summed E-state index contributed by atoms with van der Waals surface area (Å²) in [5.41, 5.74) is -1.55. The van der Waals surface area contributed by atoms with E-state index in [1.807, 2.05) is 0 Å². The molecule has 2 heterocycles. The highest BCUT2D eigenvalue weighted by molar-refractivity contribution is 7.73. The van der Waals surface area contributed by atoms with Crippen LogP contribution in [0, 0.1) is 6.92 Å². The highest BCUT2D eigenvalue weighted by atomic mass is 35.5. The molecular weight excluding hydrogens is 599 g/mol. The number of benzene rings is 3. The summed E-state index contributed by atoms with van der Waals surface area (Å²) in [4.78, 5) is 53.1. The SMILES string of the molecule is Cc1cn([C@H]2C[C@H](OC(=O)c3ccccc3)[C@@H](COP(=O)(Oc3ccc(Cl)cc3)C(=O)c3ccccc3)O2)c(=O)[nH]c1=O. The van der Waals surface area contributed by atoms with E-state index in [0.717, 1.165) is 0 Å². The van der Waals surface area contributed by atoms with Crippen LogP contribution in [0.4, 0.5) is 0 Å². The Balaban J connectivity index is 1.43. The Hall–Kier alpha value is -4.28. The largest absolute Gasteiger partial charge is 0.456 e. The van der Waals surface area contributed by atoms with Crippen LogP contribution in [0.5, 0.6) is 5.75 Å². The molecule has 4 aromatic rings. The molecule has 11 nitrogen and oxygen atoms in total. The maximum absolute atomic E-state index is 14.1. The number of nitrogens with zero attached hydrogens (tertiary/aromatic N) is 1. The minimum Gasteiger partial charge on any atom is -0.456 e. The highest BCUT2D eigenvalue weighted by Crippen LogP contribution is 2.52. The molecule has 0 saturated carbocycles. The van der Waals surface area contributed by atoms with Crippen molar-refractivity contribution in [3.05, 3.63) is 134 Å². The molecule has 1 fully saturated rings. The molecule has 0 radical (unpaired) electrons. The Morgan fingerprint density at radius 2 is 1.60 bits per heavy atom. The fourth-order valence-electron chi connectivity index (χ4n) is 4.40. The lowest BCUT2D eigenvalue weighted by Gasteiger charge is -2.23. The third-order valence-corrected chi connectivity index (χ3v) is 8.57. The summed E-state index contributed by atoms with van der Waals surface area (Å²) in [6, 6.07) is 22.0. The summed E-state index contributed by atoms with van der Waals surface area (Å²) in [7, 11) is -4.57. The van der Waals surface area contributed by atoms with Crippen LogP contribution in [0.2, 0.25) is 5.02 Å². The van der Waals surface area contributed by atoms with Crippen molar-refractivity contribution in [1.82, 2.24) is 9.55 Å². The number of hydrogen-bond donors (Lipinski definition) is 1. The minimum atomic E-state index is -4.57. The van der Waals surface area contributed by atoms with Crippen molar-refractivity contribution >= 4 is 30.7 Å². The molecule has 43 heavy (non-hydrogen) atoms. The van der Waals surface area contributed by atoms with Crippen molar-refractivity contribution in [3.8, 4) is 5.75 Å². The van der Waals surface area contributed by atoms with Crippen LogP contribution >= 0.6 is 19.2 Å². The van der Waals surface area contributed by atoms with Gasteiger partial charge in [0.05, 0.1) is 12.2 Å². The Morgan fingerprint density at radius 3 is 2.26 bits per heavy atom. The van der Waals surface area contributed by atoms with Gasteiger partial charge in [-0.15, -0.1) is 0 Å². The van der Waals surface area contributed by atoms with E-state index in [0.29, 0.717) is 5.02 Å². The topological polar surface area (TPSA) is 143 Å². The number of carbonyl (C=O) groups excluding carboxylic acids is 2. The van der Waals surface area contributed by atoms with E-state index >= 15 is 0 Å². The number of H-pyrrole nitrogens is 1. The van der Waals surface area contributed by atoms with Crippen LogP contribution in [0.3, 0.4) is 0 Å². The molecule has 1 aliphatic rings. The maximum Gasteiger partial charge on any atom is 0.451 e. The van der Waals surface area contributed by atoms with Gasteiger partial charge in [-0.3, -0.25) is 23.7 Å². The van der Waals surface area contributed by atoms with E-state index in [2.05, 4.69) is 4.98 Å². The number of carbonyl (C=O) groups is 2. The van der Waals surface area contributed by atoms with Gasteiger partial charge in [0.15, 0.2) is 0 Å². The second-order valence-electron chi connectivity index (χ2n) is 9.66. The zero-order valence-corrected chi connectivity index (χ0v) is 24.4. The first-order valence-corrected chi connectivity index (χ1v) is 15.1. The second-order valence-corrected chi connectivity index (χ2v) is 11.9. The Bertz CT molecular complexity index is 1780. The van der Waals surface area contributed by atoms with Gasteiger partial charge in [0, 0.05) is 28.8 Å². The van der Waals surface area contributed by atoms with E-state index in [1.54, 1.807) is 48.5 Å². The van der Waals surface area contributed by atoms with Crippen LogP contribution in [0.1, 0.15) is 38.9 Å². The number of halogens is 1. The minimum absolute atomic E-state index is 0.00698. The van der Waals surface area contributed by atoms with Gasteiger partial charge >= 0.3 is 19.3 Å². The smallest absolute Gasteiger partial charge is 0.451 e. The normalized spacial score (nSPS) is 19.3. The third-order valence-electron chi connectivity index (χ3n) is 6.62. The molecule has 13 heteroatoms. The molecule has 0 bridgehead atoms. The number of hydrogen-bond acceptors (Lipinski definition) is 9. The van der Waals surface area contributed by atoms with E-state index in [4.69, 9.17) is 30.1 Å². The summed E-state index contributed by atoms with van der Waals surface area (Å²) in [6.07, 6.45) is -1.73. The molecule has 1 saturated heterocycles. The van der Waals surface area contributed by atoms with Gasteiger partial charge in [0.25, 0.3) is 11.1 Å². The van der Waals surface area contributed by atoms with Gasteiger partial charge in [-0.25, -0.2) is 14.2 Å². The highest BCUT2D eigenvalue weighted by Gasteiger charge is 2.44. The summed E-state index contributed by atoms with van der Waals surface area (Å²) >= 11 is 5.96. The summed E-state index contributed by atoms with van der Waals surface area (Å²) in [5.74, 6) is -0.588. The lowest BCUT2D eigenvalue weighted by Crippen LogP contribution is -2.33. The molecular formula is C30H26ClN2O9P. The molecule has 4 atom stereocenters. The van der Waals surface area contributed by atoms with Crippen molar-refractivity contribution in [3.63, 3.8) is 0 Å². The van der Waals surface area contributed by atoms with Gasteiger partial charge < -0.3 is 14.0 Å². The third kappa shape index (κ3) is 7.03. The van der Waals surface area contributed by atoms with Crippen LogP contribution in [-0.2, 0) is 18.6 Å². The second kappa shape index (κ2) is 12.9. The fraction of sp³-hybridized carbons (Fsp3) is 0.200. The van der Waals surface area contributed by atoms with Crippen molar-refractivity contribution in [2.24, 2.45) is 0 Å². The summed E-state index contributed by atoms with van der Waals surface area (Å²) in [6.45, 7) is 1.01. The molecule has 0 amide bonds. The number of ether oxygens (including phenoxy) is 2.